The molecule has 0 amide bonds. The van der Waals surface area contributed by atoms with Gasteiger partial charge in [-0.05, 0) is 41.5 Å². The molecule has 2 radical (unpaired) electrons. The summed E-state index contributed by atoms with van der Waals surface area (Å²) in [6, 6.07) is 16.5. The van der Waals surface area contributed by atoms with Gasteiger partial charge in [0, 0.05) is 25.8 Å². The van der Waals surface area contributed by atoms with E-state index in [1.165, 1.54) is 11.1 Å². The third-order valence-electron chi connectivity index (χ3n) is 4.30. The predicted octanol–water partition coefficient (Wildman–Crippen LogP) is 9.49. The second-order valence-corrected chi connectivity index (χ2v) is 7.54. The van der Waals surface area contributed by atoms with E-state index in [4.69, 9.17) is 13.0 Å². The van der Waals surface area contributed by atoms with E-state index in [1.807, 2.05) is 36.4 Å². The van der Waals surface area contributed by atoms with Crippen molar-refractivity contribution >= 4 is 39.9 Å². The Kier molecular flexibility index (Phi) is 24.5. The first-order valence-electron chi connectivity index (χ1n) is 11.8. The summed E-state index contributed by atoms with van der Waals surface area (Å²) in [7, 11) is 2.34. The van der Waals surface area contributed by atoms with Gasteiger partial charge in [0.25, 0.3) is 0 Å². The van der Waals surface area contributed by atoms with Gasteiger partial charge < -0.3 is 0 Å². The van der Waals surface area contributed by atoms with Crippen LogP contribution in [0.5, 0.6) is 0 Å². The molecule has 0 fully saturated rings. The molecule has 0 saturated carbocycles. The standard InChI is InChI=1S/C10H12.C9H9Cl.2C5H6.CH5BP.V/c1-3-9-5-7-10(4-2)8-6-9;1-2-8-3-5-9(7-10)6-4-8;2*1-2-4-5-3-1;1-2-3;/h3,5-8H,1,4H2,2H3;2-6H,1,7H2;2*1-4H,5H2;3H2,1H3;/i;;;;1D;. The molecule has 1 atom stereocenters. The Morgan fingerprint density at radius 2 is 1.18 bits per heavy atom. The predicted molar refractivity (Wildman–Crippen MR) is 159 cm³/mol. The minimum atomic E-state index is 0. The summed E-state index contributed by atoms with van der Waals surface area (Å²) >= 11 is 5.60. The van der Waals surface area contributed by atoms with Crippen molar-refractivity contribution in [2.45, 2.75) is 38.9 Å². The average Bonchev–Trinajstić information content (AvgIpc) is 3.69. The van der Waals surface area contributed by atoms with Crippen LogP contribution in [0, 0.1) is 0 Å². The van der Waals surface area contributed by atoms with Gasteiger partial charge in [0.05, 0.1) is 0 Å². The van der Waals surface area contributed by atoms with Gasteiger partial charge in [-0.1, -0.05) is 136 Å². The first-order chi connectivity index (χ1) is 16.6. The van der Waals surface area contributed by atoms with E-state index in [0.29, 0.717) is 12.7 Å². The molecule has 2 aromatic rings. The van der Waals surface area contributed by atoms with E-state index < -0.39 is 0 Å². The molecule has 0 spiro atoms. The summed E-state index contributed by atoms with van der Waals surface area (Å²) in [4.78, 5) is 0. The molecule has 0 N–H and O–H groups in total. The molecule has 0 saturated heterocycles. The summed E-state index contributed by atoms with van der Waals surface area (Å²) in [6.45, 7) is 11.6. The van der Waals surface area contributed by atoms with Crippen LogP contribution < -0.4 is 0 Å². The zero-order valence-corrected chi connectivity index (χ0v) is 23.6. The zero-order valence-electron chi connectivity index (χ0n) is 21.3. The van der Waals surface area contributed by atoms with Gasteiger partial charge in [0.15, 0.2) is 0 Å². The molecule has 1 unspecified atom stereocenters. The van der Waals surface area contributed by atoms with E-state index in [1.54, 1.807) is 7.00 Å². The van der Waals surface area contributed by atoms with Crippen LogP contribution in [-0.4, -0.2) is 7.00 Å². The van der Waals surface area contributed by atoms with Crippen LogP contribution in [0.3, 0.4) is 0 Å². The van der Waals surface area contributed by atoms with Gasteiger partial charge in [-0.3, -0.25) is 0 Å². The van der Waals surface area contributed by atoms with Crippen LogP contribution in [0.4, 0.5) is 0 Å². The van der Waals surface area contributed by atoms with Gasteiger partial charge in [-0.15, -0.1) is 11.6 Å². The number of hydrogen-bond donors (Lipinski definition) is 0. The maximum atomic E-state index is 6.38. The first kappa shape index (κ1) is 32.2. The van der Waals surface area contributed by atoms with Crippen molar-refractivity contribution in [2.24, 2.45) is 0 Å². The molecule has 4 rings (SSSR count). The molecule has 0 aliphatic heterocycles. The second kappa shape index (κ2) is 25.9. The van der Waals surface area contributed by atoms with Crippen molar-refractivity contribution in [3.05, 3.63) is 133 Å². The number of rotatable bonds is 4. The number of alkyl halides is 1. The monoisotopic (exact) mass is 527 g/mol. The maximum Gasteiger partial charge on any atom is 0.134 e. The number of allylic oxidation sites excluding steroid dienone is 8. The van der Waals surface area contributed by atoms with Crippen LogP contribution in [0.25, 0.3) is 12.2 Å². The van der Waals surface area contributed by atoms with E-state index in [-0.39, 0.29) is 18.6 Å². The molecular weight excluding hydrogens is 489 g/mol. The van der Waals surface area contributed by atoms with Gasteiger partial charge in [0.2, 0.25) is 0 Å². The largest absolute Gasteiger partial charge is 0.178 e. The molecule has 0 aromatic heterocycles. The van der Waals surface area contributed by atoms with Crippen molar-refractivity contribution in [3.8, 4) is 0 Å². The Bertz CT molecular complexity index is 792. The molecule has 2 aromatic carbocycles. The molecule has 34 heavy (non-hydrogen) atoms. The Balaban J connectivity index is 0. The fourth-order valence-corrected chi connectivity index (χ4v) is 2.60. The van der Waals surface area contributed by atoms with Gasteiger partial charge in [-0.25, -0.2) is 0 Å². The third-order valence-corrected chi connectivity index (χ3v) is 4.61. The van der Waals surface area contributed by atoms with Gasteiger partial charge in [-0.2, -0.15) is 9.12 Å². The van der Waals surface area contributed by atoms with Crippen LogP contribution >= 0.6 is 20.7 Å². The maximum absolute atomic E-state index is 6.38. The average molecular weight is 528 g/mol. The second-order valence-electron chi connectivity index (χ2n) is 6.80. The number of aryl methyl sites for hydroxylation is 1. The third kappa shape index (κ3) is 19.7. The van der Waals surface area contributed by atoms with Crippen molar-refractivity contribution in [3.63, 3.8) is 0 Å². The molecule has 0 bridgehead atoms. The summed E-state index contributed by atoms with van der Waals surface area (Å²) in [5.74, 6) is 0.581. The minimum absolute atomic E-state index is 0. The molecule has 0 heterocycles. The van der Waals surface area contributed by atoms with Gasteiger partial charge in [0.1, 0.15) is 7.00 Å². The van der Waals surface area contributed by atoms with Crippen molar-refractivity contribution in [1.29, 1.82) is 0 Å². The fraction of sp³-hybridized carbons (Fsp3) is 0.200. The van der Waals surface area contributed by atoms with Crippen LogP contribution in [-0.2, 0) is 30.9 Å². The van der Waals surface area contributed by atoms with Crippen molar-refractivity contribution in [1.82, 2.24) is 0 Å². The first-order valence-corrected chi connectivity index (χ1v) is 12.3. The Morgan fingerprint density at radius 1 is 0.824 bits per heavy atom. The summed E-state index contributed by atoms with van der Waals surface area (Å²) < 4.78 is 6.38. The van der Waals surface area contributed by atoms with Crippen LogP contribution in [0.15, 0.2) is 110 Å². The smallest absolute Gasteiger partial charge is 0.134 e. The van der Waals surface area contributed by atoms with E-state index in [2.05, 4.69) is 102 Å². The molecular formula is C30H38BClPV. The Morgan fingerprint density at radius 3 is 1.38 bits per heavy atom. The number of benzene rings is 2. The van der Waals surface area contributed by atoms with Crippen molar-refractivity contribution in [2.75, 3.05) is 0 Å². The minimum Gasteiger partial charge on any atom is -0.178 e. The quantitative estimate of drug-likeness (QED) is 0.211. The van der Waals surface area contributed by atoms with E-state index in [9.17, 15) is 0 Å². The normalized spacial score (nSPS) is 11.4. The Hall–Kier alpha value is -1.75. The van der Waals surface area contributed by atoms with Gasteiger partial charge >= 0.3 is 0 Å². The Labute approximate surface area is 230 Å². The van der Waals surface area contributed by atoms with E-state index >= 15 is 0 Å². The topological polar surface area (TPSA) is 0 Å². The zero-order chi connectivity index (χ0) is 25.3. The molecule has 2 aliphatic carbocycles. The summed E-state index contributed by atoms with van der Waals surface area (Å²) in [6.07, 6.45) is 23.8. The molecule has 2 aliphatic rings. The van der Waals surface area contributed by atoms with Crippen molar-refractivity contribution < 1.29 is 19.9 Å². The van der Waals surface area contributed by atoms with Crippen LogP contribution in [0.2, 0.25) is 6.80 Å². The van der Waals surface area contributed by atoms with E-state index in [0.717, 1.165) is 30.4 Å². The molecule has 0 nitrogen and oxygen atoms in total. The van der Waals surface area contributed by atoms with Crippen LogP contribution in [0.1, 0.15) is 43.4 Å². The summed E-state index contributed by atoms with van der Waals surface area (Å²) in [5.41, 5.74) is 4.85. The summed E-state index contributed by atoms with van der Waals surface area (Å²) in [5, 5.41) is 0. The molecule has 4 heteroatoms. The SMILES string of the molecule is C1=CCC=C1.C1=CCC=C1.C=Cc1ccc(CC)cc1.C=Cc1ccc(CCl)cc1.[2H]C[B]P.[V]. The number of halogens is 1. The number of hydrogen-bond acceptors (Lipinski definition) is 0. The molecule has 178 valence electrons. The fourth-order valence-electron chi connectivity index (χ4n) is 2.42.